The molecule has 3 radical (unpaired) electrons. The summed E-state index contributed by atoms with van der Waals surface area (Å²) in [6, 6.07) is 7.07. The molecule has 0 fully saturated rings. The Hall–Kier alpha value is -4.83. The minimum Gasteiger partial charge on any atom is -0.495 e. The summed E-state index contributed by atoms with van der Waals surface area (Å²) in [6.07, 6.45) is -1.64. The van der Waals surface area contributed by atoms with E-state index in [2.05, 4.69) is 29.9 Å². The largest absolute Gasteiger partial charge is 1.00 e. The third-order valence-corrected chi connectivity index (χ3v) is 8.32. The van der Waals surface area contributed by atoms with Crippen LogP contribution in [0.1, 0.15) is 33.7 Å². The molecule has 0 aliphatic heterocycles. The summed E-state index contributed by atoms with van der Waals surface area (Å²) in [6.45, 7) is 0. The molecule has 56 heavy (non-hydrogen) atoms. The normalized spacial score (nSPS) is 11.4. The van der Waals surface area contributed by atoms with E-state index in [1.807, 2.05) is 0 Å². The first-order chi connectivity index (χ1) is 25.5. The van der Waals surface area contributed by atoms with Crippen LogP contribution in [0.2, 0.25) is 0 Å². The minimum absolute atomic E-state index is 0. The van der Waals surface area contributed by atoms with Crippen LogP contribution in [-0.2, 0) is 20.0 Å². The molecule has 4 aromatic rings. The Bertz CT molecular complexity index is 2140. The van der Waals surface area contributed by atoms with Crippen molar-refractivity contribution in [2.45, 2.75) is 17.6 Å². The molecule has 28 heteroatoms. The number of halogens is 4. The Labute approximate surface area is 340 Å². The van der Waals surface area contributed by atoms with Crippen LogP contribution in [0.25, 0.3) is 0 Å². The number of ether oxygens (including phenoxy) is 6. The van der Waals surface area contributed by atoms with E-state index in [0.717, 1.165) is 0 Å². The fourth-order valence-corrected chi connectivity index (χ4v) is 5.14. The van der Waals surface area contributed by atoms with Gasteiger partial charge in [-0.2, -0.15) is 37.5 Å². The fourth-order valence-electron chi connectivity index (χ4n) is 3.96. The summed E-state index contributed by atoms with van der Waals surface area (Å²) >= 11 is 0. The SMILES string of the molecule is COc1nc(OC)nc(C(=O)c2cccc(OC)c2NS(=O)(=O)C(F)F)n1.COc1nc(OC)nc(C(O)c2cccc(OC)c2NS(=O)(=O)C(F)F)n1.[B].[Na+]. The van der Waals surface area contributed by atoms with Crippen LogP contribution in [0.5, 0.6) is 35.5 Å². The smallest absolute Gasteiger partial charge is 0.495 e. The first kappa shape index (κ1) is 49.2. The number of aromatic nitrogens is 6. The van der Waals surface area contributed by atoms with Crippen LogP contribution in [0.4, 0.5) is 28.9 Å². The molecule has 0 aliphatic rings. The number of hydrogen-bond acceptors (Lipinski definition) is 18. The van der Waals surface area contributed by atoms with Crippen molar-refractivity contribution >= 4 is 45.6 Å². The molecule has 3 N–H and O–H groups in total. The maximum absolute atomic E-state index is 12.8. The summed E-state index contributed by atoms with van der Waals surface area (Å²) in [5.74, 6) is -9.27. The first-order valence-corrected chi connectivity index (χ1v) is 17.4. The number of carbonyl (C=O) groups excluding carboxylic acids is 1. The second-order valence-electron chi connectivity index (χ2n) is 9.65. The van der Waals surface area contributed by atoms with Gasteiger partial charge in [0.25, 0.3) is 20.0 Å². The Morgan fingerprint density at radius 2 is 1.02 bits per heavy atom. The summed E-state index contributed by atoms with van der Waals surface area (Å²) in [5.41, 5.74) is -1.32. The van der Waals surface area contributed by atoms with Crippen molar-refractivity contribution in [3.05, 3.63) is 59.2 Å². The predicted octanol–water partition coefficient (Wildman–Crippen LogP) is -1.34. The van der Waals surface area contributed by atoms with Crippen molar-refractivity contribution in [1.29, 1.82) is 0 Å². The monoisotopic (exact) mass is 844 g/mol. The number of anilines is 2. The first-order valence-electron chi connectivity index (χ1n) is 14.3. The molecule has 20 nitrogen and oxygen atoms in total. The number of para-hydroxylation sites is 2. The predicted molar refractivity (Wildman–Crippen MR) is 182 cm³/mol. The maximum Gasteiger partial charge on any atom is 1.00 e. The van der Waals surface area contributed by atoms with Crippen LogP contribution < -0.4 is 67.4 Å². The van der Waals surface area contributed by atoms with Gasteiger partial charge in [-0.3, -0.25) is 14.2 Å². The molecule has 1 unspecified atom stereocenters. The van der Waals surface area contributed by atoms with Crippen molar-refractivity contribution in [3.8, 4) is 35.5 Å². The van der Waals surface area contributed by atoms with Gasteiger partial charge in [-0.05, 0) is 18.2 Å². The number of benzene rings is 2. The molecule has 2 heterocycles. The Morgan fingerprint density at radius 1 is 0.625 bits per heavy atom. The number of aliphatic hydroxyl groups is 1. The van der Waals surface area contributed by atoms with E-state index in [1.165, 1.54) is 79.1 Å². The molecule has 0 saturated carbocycles. The zero-order chi connectivity index (χ0) is 40.4. The third-order valence-electron chi connectivity index (χ3n) is 6.41. The summed E-state index contributed by atoms with van der Waals surface area (Å²) < 4.78 is 130. The molecule has 0 amide bonds. The maximum atomic E-state index is 12.8. The number of sulfonamides is 2. The number of nitrogens with zero attached hydrogens (tertiary/aromatic N) is 6. The number of hydrogen-bond donors (Lipinski definition) is 3. The Kier molecular flexibility index (Phi) is 18.9. The second kappa shape index (κ2) is 21.5. The van der Waals surface area contributed by atoms with Gasteiger partial charge in [-0.25, -0.2) is 16.8 Å². The molecule has 0 saturated heterocycles. The van der Waals surface area contributed by atoms with Crippen molar-refractivity contribution in [3.63, 3.8) is 0 Å². The van der Waals surface area contributed by atoms with Gasteiger partial charge in [0.05, 0.1) is 53.9 Å². The molecule has 0 aliphatic carbocycles. The van der Waals surface area contributed by atoms with E-state index >= 15 is 0 Å². The van der Waals surface area contributed by atoms with Gasteiger partial charge in [0, 0.05) is 14.0 Å². The van der Waals surface area contributed by atoms with Crippen LogP contribution in [0.15, 0.2) is 36.4 Å². The average Bonchev–Trinajstić information content (AvgIpc) is 3.16. The number of carbonyl (C=O) groups is 1. The standard InChI is InChI=1S/C14H16F2N4O6S.C14H14F2N4O6S.B.Na/c2*1-24-8-6-4-5-7(9(8)20-27(22,23)12(15)16)10(21)11-17-13(25-2)19-14(18-11)26-3;;/h4-6,10,12,20-21H,1-3H3;4-6,12,20H,1-3H3;;/q;;;+1. The molecular formula is C28H30BF4N8NaO12S2+. The number of aliphatic hydroxyl groups excluding tert-OH is 1. The number of methoxy groups -OCH3 is 6. The molecule has 1 atom stereocenters. The van der Waals surface area contributed by atoms with Crippen molar-refractivity contribution in [2.24, 2.45) is 0 Å². The zero-order valence-electron chi connectivity index (χ0n) is 30.2. The van der Waals surface area contributed by atoms with Crippen molar-refractivity contribution in [1.82, 2.24) is 29.9 Å². The van der Waals surface area contributed by atoms with Crippen LogP contribution in [-0.4, -0.2) is 120 Å². The quantitative estimate of drug-likeness (QED) is 0.0670. The van der Waals surface area contributed by atoms with Gasteiger partial charge in [0.15, 0.2) is 5.82 Å². The van der Waals surface area contributed by atoms with Crippen molar-refractivity contribution < 1.29 is 102 Å². The van der Waals surface area contributed by atoms with Crippen LogP contribution >= 0.6 is 0 Å². The van der Waals surface area contributed by atoms with Gasteiger partial charge in [-0.15, -0.1) is 9.97 Å². The molecular weight excluding hydrogens is 814 g/mol. The minimum atomic E-state index is -5.07. The topological polar surface area (TPSA) is 262 Å². The van der Waals surface area contributed by atoms with E-state index in [0.29, 0.717) is 0 Å². The van der Waals surface area contributed by atoms with Crippen molar-refractivity contribution in [2.75, 3.05) is 52.1 Å². The van der Waals surface area contributed by atoms with Gasteiger partial charge < -0.3 is 33.5 Å². The number of ketones is 1. The Morgan fingerprint density at radius 3 is 1.43 bits per heavy atom. The van der Waals surface area contributed by atoms with Gasteiger partial charge in [0.2, 0.25) is 11.6 Å². The van der Waals surface area contributed by atoms with E-state index in [9.17, 15) is 44.3 Å². The summed E-state index contributed by atoms with van der Waals surface area (Å²) in [5, 5.41) is 10.6. The fraction of sp³-hybridized carbons (Fsp3) is 0.321. The van der Waals surface area contributed by atoms with Gasteiger partial charge in [0.1, 0.15) is 23.3 Å². The van der Waals surface area contributed by atoms with E-state index in [-0.39, 0.29) is 96.1 Å². The number of alkyl halides is 4. The van der Waals surface area contributed by atoms with E-state index < -0.39 is 55.0 Å². The molecule has 297 valence electrons. The van der Waals surface area contributed by atoms with E-state index in [1.54, 1.807) is 9.44 Å². The average molecular weight is 845 g/mol. The van der Waals surface area contributed by atoms with E-state index in [4.69, 9.17) is 28.4 Å². The second-order valence-corrected chi connectivity index (χ2v) is 13.0. The van der Waals surface area contributed by atoms with Crippen LogP contribution in [0.3, 0.4) is 0 Å². The molecule has 4 rings (SSSR count). The molecule has 0 bridgehead atoms. The third kappa shape index (κ3) is 12.1. The number of rotatable bonds is 16. The molecule has 2 aromatic heterocycles. The zero-order valence-corrected chi connectivity index (χ0v) is 33.9. The van der Waals surface area contributed by atoms with Crippen LogP contribution in [0, 0.1) is 0 Å². The summed E-state index contributed by atoms with van der Waals surface area (Å²) in [7, 11) is -2.66. The molecule has 2 aromatic carbocycles. The molecule has 0 spiro atoms. The Balaban J connectivity index is 0.000000541. The van der Waals surface area contributed by atoms with Gasteiger partial charge >= 0.3 is 65.1 Å². The summed E-state index contributed by atoms with van der Waals surface area (Å²) in [4.78, 5) is 35.5. The van der Waals surface area contributed by atoms with Gasteiger partial charge in [-0.1, -0.05) is 18.2 Å². The number of nitrogens with one attached hydrogen (secondary N) is 2.